The van der Waals surface area contributed by atoms with Gasteiger partial charge in [-0.3, -0.25) is 9.59 Å². The maximum Gasteiger partial charge on any atom is 0.306 e. The lowest BCUT2D eigenvalue weighted by Crippen LogP contribution is -2.61. The fourth-order valence-electron chi connectivity index (χ4n) is 8.83. The first-order chi connectivity index (χ1) is 38.2. The van der Waals surface area contributed by atoms with E-state index in [1.165, 1.54) is 44.9 Å². The van der Waals surface area contributed by atoms with Crippen LogP contribution in [0, 0.1) is 0 Å². The lowest BCUT2D eigenvalue weighted by atomic mass is 9.99. The van der Waals surface area contributed by atoms with Gasteiger partial charge in [0.2, 0.25) is 5.91 Å². The minimum atomic E-state index is -1.63. The second-order valence-electron chi connectivity index (χ2n) is 20.7. The maximum absolute atomic E-state index is 13.4. The van der Waals surface area contributed by atoms with E-state index in [1.54, 1.807) is 6.08 Å². The maximum atomic E-state index is 13.4. The van der Waals surface area contributed by atoms with E-state index in [9.17, 15) is 35.1 Å². The molecule has 0 aromatic carbocycles. The lowest BCUT2D eigenvalue weighted by molar-refractivity contribution is -0.305. The zero-order valence-corrected chi connectivity index (χ0v) is 49.0. The molecule has 1 fully saturated rings. The van der Waals surface area contributed by atoms with E-state index in [0.29, 0.717) is 12.8 Å². The van der Waals surface area contributed by atoms with Crippen molar-refractivity contribution in [3.05, 3.63) is 122 Å². The summed E-state index contributed by atoms with van der Waals surface area (Å²) in [5.41, 5.74) is 0. The van der Waals surface area contributed by atoms with E-state index in [-0.39, 0.29) is 19.4 Å². The average Bonchev–Trinajstić information content (AvgIpc) is 3.45. The first-order valence-electron chi connectivity index (χ1n) is 30.8. The molecule has 8 atom stereocenters. The molecular weight excluding hydrogens is 979 g/mol. The molecule has 444 valence electrons. The smallest absolute Gasteiger partial charge is 0.306 e. The Balaban J connectivity index is 2.68. The van der Waals surface area contributed by atoms with Gasteiger partial charge in [-0.1, -0.05) is 245 Å². The molecule has 0 radical (unpaired) electrons. The van der Waals surface area contributed by atoms with Gasteiger partial charge >= 0.3 is 5.97 Å². The summed E-state index contributed by atoms with van der Waals surface area (Å²) in [6.45, 7) is 5.50. The van der Waals surface area contributed by atoms with Crippen molar-refractivity contribution in [1.82, 2.24) is 5.32 Å². The van der Waals surface area contributed by atoms with Crippen LogP contribution in [0.25, 0.3) is 0 Å². The largest absolute Gasteiger partial charge is 0.454 e. The number of carbonyl (C=O) groups is 2. The molecule has 1 aliphatic rings. The first-order valence-corrected chi connectivity index (χ1v) is 30.8. The van der Waals surface area contributed by atoms with E-state index in [4.69, 9.17) is 14.2 Å². The minimum Gasteiger partial charge on any atom is -0.454 e. The van der Waals surface area contributed by atoms with Crippen molar-refractivity contribution in [3.63, 3.8) is 0 Å². The van der Waals surface area contributed by atoms with Crippen molar-refractivity contribution in [2.75, 3.05) is 13.2 Å². The van der Waals surface area contributed by atoms with Gasteiger partial charge in [0.25, 0.3) is 0 Å². The van der Waals surface area contributed by atoms with E-state index >= 15 is 0 Å². The van der Waals surface area contributed by atoms with Crippen molar-refractivity contribution in [2.45, 2.75) is 275 Å². The third-order valence-corrected chi connectivity index (χ3v) is 13.7. The number of hydrogen-bond acceptors (Lipinski definition) is 10. The molecule has 0 bridgehead atoms. The summed E-state index contributed by atoms with van der Waals surface area (Å²) in [7, 11) is 0. The predicted octanol–water partition coefficient (Wildman–Crippen LogP) is 14.7. The number of carbonyl (C=O) groups excluding carboxylic acids is 2. The number of amides is 1. The van der Waals surface area contributed by atoms with Crippen LogP contribution in [0.1, 0.15) is 226 Å². The molecule has 0 aromatic heterocycles. The van der Waals surface area contributed by atoms with Gasteiger partial charge in [0.15, 0.2) is 12.4 Å². The normalized spacial score (nSPS) is 19.8. The number of esters is 1. The van der Waals surface area contributed by atoms with Gasteiger partial charge in [-0.2, -0.15) is 0 Å². The van der Waals surface area contributed by atoms with Gasteiger partial charge in [-0.25, -0.2) is 0 Å². The van der Waals surface area contributed by atoms with Gasteiger partial charge in [0.1, 0.15) is 24.4 Å². The molecule has 1 aliphatic heterocycles. The van der Waals surface area contributed by atoms with Crippen LogP contribution < -0.4 is 5.32 Å². The number of allylic oxidation sites excluding steroid dienone is 19. The standard InChI is InChI=1S/C67H111NO10/c1-4-7-10-13-16-19-22-25-26-27-28-29-30-31-32-33-34-35-37-39-42-45-48-51-54-60(71)66(75)68-58(59(70)53-50-47-44-41-38-24-21-18-15-12-9-6-3)57-76-67-65(64(74)63(73)61(56-69)77-67)78-62(72)55-52-49-46-43-40-36-23-20-17-14-11-8-5-2/h7-8,10-11,14,16-17,19-20,23,25-26,28-29,31-32,34-35,50,53,58-61,63-65,67,69-71,73-74H,4-6,9,12-13,15,18,21-22,24,27,30,33,36-49,51-52,54-57H2,1-3H3,(H,68,75)/b10-7-,11-8+,17-14+,19-16-,23-20-,26-25-,29-28-,32-31-,35-34-,53-50+. The van der Waals surface area contributed by atoms with Gasteiger partial charge in [0, 0.05) is 6.42 Å². The number of unbranched alkanes of at least 4 members (excludes halogenated alkanes) is 20. The molecular formula is C67H111NO10. The number of aliphatic hydroxyl groups is 5. The Hall–Kier alpha value is -3.94. The van der Waals surface area contributed by atoms with Gasteiger partial charge in [-0.15, -0.1) is 0 Å². The van der Waals surface area contributed by atoms with E-state index in [1.807, 2.05) is 24.3 Å². The summed E-state index contributed by atoms with van der Waals surface area (Å²) >= 11 is 0. The summed E-state index contributed by atoms with van der Waals surface area (Å²) < 4.78 is 17.6. The van der Waals surface area contributed by atoms with Crippen molar-refractivity contribution < 1.29 is 49.3 Å². The Labute approximate surface area is 474 Å². The summed E-state index contributed by atoms with van der Waals surface area (Å²) in [5.74, 6) is -1.24. The molecule has 6 N–H and O–H groups in total. The van der Waals surface area contributed by atoms with Crippen LogP contribution in [0.2, 0.25) is 0 Å². The molecule has 1 heterocycles. The molecule has 0 aromatic rings. The Bertz CT molecular complexity index is 1730. The highest BCUT2D eigenvalue weighted by molar-refractivity contribution is 5.80. The SMILES string of the molecule is CC/C=C\C/C=C\C/C=C\C/C=C\C/C=C\C/C=C\CCCCCCCC(O)C(=O)NC(COC1OC(CO)C(O)C(O)C1OC(=O)CCCCCCC\C=C/C=C/C=C/CC)C(O)/C=C/CCCCCCCCCCCC. The van der Waals surface area contributed by atoms with E-state index < -0.39 is 67.4 Å². The van der Waals surface area contributed by atoms with Crippen LogP contribution in [-0.2, 0) is 23.8 Å². The number of hydrogen-bond donors (Lipinski definition) is 6. The highest BCUT2D eigenvalue weighted by Gasteiger charge is 2.47. The molecule has 1 amide bonds. The van der Waals surface area contributed by atoms with Crippen molar-refractivity contribution in [1.29, 1.82) is 0 Å². The molecule has 11 heteroatoms. The quantitative estimate of drug-likeness (QED) is 0.0149. The highest BCUT2D eigenvalue weighted by Crippen LogP contribution is 2.26. The number of ether oxygens (including phenoxy) is 3. The van der Waals surface area contributed by atoms with E-state index in [2.05, 4.69) is 117 Å². The Morgan fingerprint density at radius 1 is 0.526 bits per heavy atom. The van der Waals surface area contributed by atoms with Crippen LogP contribution >= 0.6 is 0 Å². The summed E-state index contributed by atoms with van der Waals surface area (Å²) in [5, 5.41) is 56.9. The van der Waals surface area contributed by atoms with E-state index in [0.717, 1.165) is 135 Å². The number of aliphatic hydroxyl groups excluding tert-OH is 5. The molecule has 8 unspecified atom stereocenters. The average molecular weight is 1090 g/mol. The second-order valence-corrected chi connectivity index (χ2v) is 20.7. The highest BCUT2D eigenvalue weighted by atomic mass is 16.7. The number of rotatable bonds is 50. The lowest BCUT2D eigenvalue weighted by Gasteiger charge is -2.41. The zero-order chi connectivity index (χ0) is 56.8. The Kier molecular flexibility index (Phi) is 49.6. The van der Waals surface area contributed by atoms with Crippen LogP contribution in [0.4, 0.5) is 0 Å². The van der Waals surface area contributed by atoms with Crippen LogP contribution in [0.3, 0.4) is 0 Å². The third-order valence-electron chi connectivity index (χ3n) is 13.7. The molecule has 0 aliphatic carbocycles. The molecule has 1 rings (SSSR count). The van der Waals surface area contributed by atoms with Crippen LogP contribution in [-0.4, -0.2) is 99.6 Å². The predicted molar refractivity (Wildman–Crippen MR) is 324 cm³/mol. The van der Waals surface area contributed by atoms with Crippen LogP contribution in [0.15, 0.2) is 122 Å². The van der Waals surface area contributed by atoms with Crippen molar-refractivity contribution in [2.24, 2.45) is 0 Å². The number of nitrogens with one attached hydrogen (secondary N) is 1. The molecule has 11 nitrogen and oxygen atoms in total. The second kappa shape index (κ2) is 53.7. The zero-order valence-electron chi connectivity index (χ0n) is 49.0. The first kappa shape index (κ1) is 72.1. The summed E-state index contributed by atoms with van der Waals surface area (Å²) in [6, 6.07) is -1.04. The Morgan fingerprint density at radius 3 is 1.53 bits per heavy atom. The fraction of sp³-hybridized carbons (Fsp3) is 0.672. The summed E-state index contributed by atoms with van der Waals surface area (Å²) in [4.78, 5) is 26.5. The van der Waals surface area contributed by atoms with Gasteiger partial charge in [-0.05, 0) is 96.3 Å². The molecule has 0 saturated carbocycles. The van der Waals surface area contributed by atoms with Crippen molar-refractivity contribution in [3.8, 4) is 0 Å². The summed E-state index contributed by atoms with van der Waals surface area (Å²) in [6.07, 6.45) is 63.8. The minimum absolute atomic E-state index is 0.0922. The topological polar surface area (TPSA) is 175 Å². The van der Waals surface area contributed by atoms with Gasteiger partial charge in [0.05, 0.1) is 25.4 Å². The molecule has 0 spiro atoms. The molecule has 78 heavy (non-hydrogen) atoms. The van der Waals surface area contributed by atoms with Crippen molar-refractivity contribution >= 4 is 11.9 Å². The monoisotopic (exact) mass is 1090 g/mol. The van der Waals surface area contributed by atoms with Crippen LogP contribution in [0.5, 0.6) is 0 Å². The third kappa shape index (κ3) is 41.1. The Morgan fingerprint density at radius 2 is 0.987 bits per heavy atom. The fourth-order valence-corrected chi connectivity index (χ4v) is 8.83. The van der Waals surface area contributed by atoms with Gasteiger partial charge < -0.3 is 45.1 Å². The molecule has 1 saturated heterocycles.